The number of aryl methyl sites for hydroxylation is 2. The van der Waals surface area contributed by atoms with Gasteiger partial charge in [0.25, 0.3) is 10.0 Å². The summed E-state index contributed by atoms with van der Waals surface area (Å²) in [5.41, 5.74) is 3.51. The van der Waals surface area contributed by atoms with Crippen LogP contribution >= 0.6 is 0 Å². The number of rotatable bonds is 5. The highest BCUT2D eigenvalue weighted by Gasteiger charge is 2.20. The fourth-order valence-corrected chi connectivity index (χ4v) is 3.82. The molecule has 0 aliphatic rings. The maximum Gasteiger partial charge on any atom is 0.261 e. The van der Waals surface area contributed by atoms with Gasteiger partial charge in [0.15, 0.2) is 0 Å². The molecular weight excluding hydrogens is 346 g/mol. The summed E-state index contributed by atoms with van der Waals surface area (Å²) in [4.78, 5) is 0.184. The molecule has 0 fully saturated rings. The van der Waals surface area contributed by atoms with E-state index in [1.165, 1.54) is 0 Å². The van der Waals surface area contributed by atoms with Crippen molar-refractivity contribution in [2.75, 3.05) is 4.72 Å². The fraction of sp³-hybridized carbons (Fsp3) is 0.143. The number of aliphatic hydroxyl groups is 1. The van der Waals surface area contributed by atoms with Gasteiger partial charge in [-0.1, -0.05) is 65.7 Å². The number of hydrogen-bond donors (Lipinski definition) is 2. The van der Waals surface area contributed by atoms with Crippen LogP contribution in [0.3, 0.4) is 0 Å². The van der Waals surface area contributed by atoms with E-state index < -0.39 is 16.1 Å². The van der Waals surface area contributed by atoms with E-state index in [0.29, 0.717) is 16.8 Å². The average Bonchev–Trinajstić information content (AvgIpc) is 2.63. The summed E-state index contributed by atoms with van der Waals surface area (Å²) >= 11 is 0. The van der Waals surface area contributed by atoms with Crippen LogP contribution in [0.25, 0.3) is 0 Å². The summed E-state index contributed by atoms with van der Waals surface area (Å²) in [6.07, 6.45) is -0.924. The lowest BCUT2D eigenvalue weighted by atomic mass is 9.98. The number of anilines is 1. The van der Waals surface area contributed by atoms with Crippen LogP contribution in [0.2, 0.25) is 0 Å². The van der Waals surface area contributed by atoms with E-state index in [0.717, 1.165) is 11.1 Å². The third-order valence-corrected chi connectivity index (χ3v) is 5.57. The maximum absolute atomic E-state index is 12.7. The first-order valence-corrected chi connectivity index (χ1v) is 9.78. The van der Waals surface area contributed by atoms with E-state index in [2.05, 4.69) is 4.72 Å². The molecule has 26 heavy (non-hydrogen) atoms. The minimum atomic E-state index is -3.74. The highest BCUT2D eigenvalue weighted by Crippen LogP contribution is 2.30. The minimum Gasteiger partial charge on any atom is -0.384 e. The van der Waals surface area contributed by atoms with Crippen LogP contribution in [0.4, 0.5) is 5.69 Å². The molecule has 0 aliphatic carbocycles. The quantitative estimate of drug-likeness (QED) is 0.711. The Balaban J connectivity index is 1.99. The highest BCUT2D eigenvalue weighted by molar-refractivity contribution is 7.92. The van der Waals surface area contributed by atoms with Crippen LogP contribution < -0.4 is 4.72 Å². The summed E-state index contributed by atoms with van der Waals surface area (Å²) in [5, 5.41) is 10.8. The Bertz CT molecular complexity index is 997. The van der Waals surface area contributed by atoms with Crippen molar-refractivity contribution in [1.29, 1.82) is 0 Å². The Hall–Kier alpha value is -2.63. The van der Waals surface area contributed by atoms with E-state index in [-0.39, 0.29) is 4.90 Å². The molecule has 3 rings (SSSR count). The molecule has 0 aromatic heterocycles. The van der Waals surface area contributed by atoms with Crippen LogP contribution in [0.5, 0.6) is 0 Å². The summed E-state index contributed by atoms with van der Waals surface area (Å²) in [7, 11) is -3.74. The lowest BCUT2D eigenvalue weighted by Crippen LogP contribution is -2.15. The Morgan fingerprint density at radius 2 is 1.46 bits per heavy atom. The second kappa shape index (κ2) is 7.32. The number of benzene rings is 3. The summed E-state index contributed by atoms with van der Waals surface area (Å²) in [6.45, 7) is 3.80. The minimum absolute atomic E-state index is 0.184. The molecule has 0 aliphatic heterocycles. The summed E-state index contributed by atoms with van der Waals surface area (Å²) < 4.78 is 28.0. The zero-order valence-electron chi connectivity index (χ0n) is 14.7. The van der Waals surface area contributed by atoms with E-state index in [1.807, 2.05) is 50.2 Å². The second-order valence-corrected chi connectivity index (χ2v) is 8.00. The molecule has 0 amide bonds. The van der Waals surface area contributed by atoms with Crippen molar-refractivity contribution >= 4 is 15.7 Å². The largest absolute Gasteiger partial charge is 0.384 e. The lowest BCUT2D eigenvalue weighted by molar-refractivity contribution is 0.221. The number of sulfonamides is 1. The van der Waals surface area contributed by atoms with E-state index >= 15 is 0 Å². The molecule has 4 nitrogen and oxygen atoms in total. The molecule has 5 heteroatoms. The van der Waals surface area contributed by atoms with Crippen molar-refractivity contribution in [3.63, 3.8) is 0 Å². The fourth-order valence-electron chi connectivity index (χ4n) is 2.74. The highest BCUT2D eigenvalue weighted by atomic mass is 32.2. The second-order valence-electron chi connectivity index (χ2n) is 6.32. The van der Waals surface area contributed by atoms with E-state index in [4.69, 9.17) is 0 Å². The molecule has 3 aromatic rings. The van der Waals surface area contributed by atoms with Crippen molar-refractivity contribution in [1.82, 2.24) is 0 Å². The molecular formula is C21H21NO3S. The van der Waals surface area contributed by atoms with Gasteiger partial charge in [-0.05, 0) is 37.6 Å². The molecule has 3 aromatic carbocycles. The third kappa shape index (κ3) is 3.95. The van der Waals surface area contributed by atoms with Gasteiger partial charge in [0, 0.05) is 5.56 Å². The third-order valence-electron chi connectivity index (χ3n) is 4.19. The number of aliphatic hydroxyl groups excluding tert-OH is 1. The average molecular weight is 367 g/mol. The molecule has 0 saturated heterocycles. The molecule has 1 atom stereocenters. The Morgan fingerprint density at radius 3 is 2.12 bits per heavy atom. The molecule has 0 radical (unpaired) electrons. The first-order valence-electron chi connectivity index (χ1n) is 8.30. The van der Waals surface area contributed by atoms with Crippen LogP contribution in [-0.4, -0.2) is 13.5 Å². The first-order chi connectivity index (χ1) is 12.4. The molecule has 0 heterocycles. The van der Waals surface area contributed by atoms with Gasteiger partial charge in [0.1, 0.15) is 6.10 Å². The van der Waals surface area contributed by atoms with Crippen molar-refractivity contribution in [3.8, 4) is 0 Å². The van der Waals surface area contributed by atoms with Gasteiger partial charge in [0.05, 0.1) is 10.6 Å². The van der Waals surface area contributed by atoms with Gasteiger partial charge in [0.2, 0.25) is 0 Å². The van der Waals surface area contributed by atoms with Gasteiger partial charge in [-0.3, -0.25) is 4.72 Å². The molecule has 2 N–H and O–H groups in total. The standard InChI is InChI=1S/C21H21NO3S/c1-15-8-11-18(12-9-15)26(24,25)22-20-13-10-16(2)14-19(20)21(23)17-6-4-3-5-7-17/h3-14,21-23H,1-2H3. The van der Waals surface area contributed by atoms with Crippen molar-refractivity contribution in [3.05, 3.63) is 95.1 Å². The molecule has 0 saturated carbocycles. The zero-order valence-corrected chi connectivity index (χ0v) is 15.5. The Morgan fingerprint density at radius 1 is 0.846 bits per heavy atom. The predicted molar refractivity (Wildman–Crippen MR) is 104 cm³/mol. The van der Waals surface area contributed by atoms with Gasteiger partial charge in [-0.15, -0.1) is 0 Å². The zero-order chi connectivity index (χ0) is 18.7. The van der Waals surface area contributed by atoms with Crippen LogP contribution in [0.1, 0.15) is 28.4 Å². The van der Waals surface area contributed by atoms with E-state index in [9.17, 15) is 13.5 Å². The summed E-state index contributed by atoms with van der Waals surface area (Å²) in [5.74, 6) is 0. The molecule has 0 spiro atoms. The smallest absolute Gasteiger partial charge is 0.261 e. The van der Waals surface area contributed by atoms with Crippen molar-refractivity contribution in [2.45, 2.75) is 24.8 Å². The lowest BCUT2D eigenvalue weighted by Gasteiger charge is -2.18. The van der Waals surface area contributed by atoms with Gasteiger partial charge in [-0.2, -0.15) is 0 Å². The van der Waals surface area contributed by atoms with Gasteiger partial charge >= 0.3 is 0 Å². The predicted octanol–water partition coefficient (Wildman–Crippen LogP) is 4.19. The Kier molecular flexibility index (Phi) is 5.11. The Labute approximate surface area is 154 Å². The number of nitrogens with one attached hydrogen (secondary N) is 1. The normalized spacial score (nSPS) is 12.6. The molecule has 134 valence electrons. The maximum atomic E-state index is 12.7. The monoisotopic (exact) mass is 367 g/mol. The van der Waals surface area contributed by atoms with Crippen molar-refractivity contribution < 1.29 is 13.5 Å². The van der Waals surface area contributed by atoms with E-state index in [1.54, 1.807) is 36.4 Å². The van der Waals surface area contributed by atoms with Crippen LogP contribution in [0, 0.1) is 13.8 Å². The SMILES string of the molecule is Cc1ccc(S(=O)(=O)Nc2ccc(C)cc2C(O)c2ccccc2)cc1. The topological polar surface area (TPSA) is 66.4 Å². The number of hydrogen-bond acceptors (Lipinski definition) is 3. The van der Waals surface area contributed by atoms with Gasteiger partial charge in [-0.25, -0.2) is 8.42 Å². The first kappa shape index (κ1) is 18.2. The van der Waals surface area contributed by atoms with Crippen molar-refractivity contribution in [2.24, 2.45) is 0 Å². The molecule has 0 bridgehead atoms. The van der Waals surface area contributed by atoms with Crippen LogP contribution in [0.15, 0.2) is 77.7 Å². The van der Waals surface area contributed by atoms with Gasteiger partial charge < -0.3 is 5.11 Å². The molecule has 1 unspecified atom stereocenters. The summed E-state index contributed by atoms with van der Waals surface area (Å²) in [6, 6.07) is 21.1. The van der Waals surface area contributed by atoms with Crippen LogP contribution in [-0.2, 0) is 10.0 Å².